The number of ether oxygens (including phenoxy) is 1. The molecule has 1 aliphatic carbocycles. The van der Waals surface area contributed by atoms with Gasteiger partial charge in [-0.15, -0.1) is 0 Å². The second-order valence-electron chi connectivity index (χ2n) is 6.36. The Bertz CT molecular complexity index is 881. The predicted octanol–water partition coefficient (Wildman–Crippen LogP) is 5.08. The molecular formula is C19H17ClN2O3. The molecule has 1 N–H and O–H groups in total. The first-order valence-corrected chi connectivity index (χ1v) is 8.52. The van der Waals surface area contributed by atoms with Crippen LogP contribution in [0, 0.1) is 16.0 Å². The maximum Gasteiger partial charge on any atom is 0.275 e. The zero-order valence-electron chi connectivity index (χ0n) is 13.6. The van der Waals surface area contributed by atoms with Gasteiger partial charge >= 0.3 is 0 Å². The predicted molar refractivity (Wildman–Crippen MR) is 97.5 cm³/mol. The highest BCUT2D eigenvalue weighted by Gasteiger charge is 2.42. The van der Waals surface area contributed by atoms with Gasteiger partial charge in [-0.25, -0.2) is 0 Å². The number of benzene rings is 2. The van der Waals surface area contributed by atoms with Gasteiger partial charge in [-0.05, 0) is 36.1 Å². The van der Waals surface area contributed by atoms with Crippen LogP contribution in [0.15, 0.2) is 48.6 Å². The van der Waals surface area contributed by atoms with Gasteiger partial charge in [0.05, 0.1) is 34.3 Å². The summed E-state index contributed by atoms with van der Waals surface area (Å²) in [7, 11) is 1.64. The van der Waals surface area contributed by atoms with E-state index in [1.807, 2.05) is 24.3 Å². The Kier molecular flexibility index (Phi) is 3.88. The van der Waals surface area contributed by atoms with E-state index in [9.17, 15) is 10.1 Å². The van der Waals surface area contributed by atoms with Crippen LogP contribution in [0.1, 0.15) is 29.5 Å². The maximum absolute atomic E-state index is 11.5. The summed E-state index contributed by atoms with van der Waals surface area (Å²) >= 11 is 6.39. The molecule has 5 nitrogen and oxygen atoms in total. The summed E-state index contributed by atoms with van der Waals surface area (Å²) in [6.07, 6.45) is 5.04. The highest BCUT2D eigenvalue weighted by molar-refractivity contribution is 6.33. The molecule has 3 atom stereocenters. The lowest BCUT2D eigenvalue weighted by Gasteiger charge is -2.37. The fourth-order valence-corrected chi connectivity index (χ4v) is 4.20. The van der Waals surface area contributed by atoms with Gasteiger partial charge in [0.2, 0.25) is 0 Å². The van der Waals surface area contributed by atoms with Gasteiger partial charge in [-0.1, -0.05) is 35.9 Å². The average Bonchev–Trinajstić information content (AvgIpc) is 3.11. The molecule has 6 heteroatoms. The van der Waals surface area contributed by atoms with E-state index < -0.39 is 0 Å². The van der Waals surface area contributed by atoms with E-state index in [4.69, 9.17) is 16.3 Å². The van der Waals surface area contributed by atoms with E-state index in [1.165, 1.54) is 6.07 Å². The number of hydrogen-bond donors (Lipinski definition) is 1. The van der Waals surface area contributed by atoms with Crippen molar-refractivity contribution >= 4 is 23.0 Å². The lowest BCUT2D eigenvalue weighted by atomic mass is 9.76. The highest BCUT2D eigenvalue weighted by Crippen LogP contribution is 2.54. The van der Waals surface area contributed by atoms with Gasteiger partial charge < -0.3 is 10.1 Å². The number of anilines is 1. The fraction of sp³-hybridized carbons (Fsp3) is 0.263. The third-order valence-electron chi connectivity index (χ3n) is 5.10. The van der Waals surface area contributed by atoms with E-state index in [2.05, 4.69) is 17.5 Å². The summed E-state index contributed by atoms with van der Waals surface area (Å²) < 4.78 is 5.34. The van der Waals surface area contributed by atoms with Crippen molar-refractivity contribution in [1.29, 1.82) is 0 Å². The molecule has 0 radical (unpaired) electrons. The number of nitrogens with one attached hydrogen (secondary N) is 1. The molecule has 0 unspecified atom stereocenters. The first kappa shape index (κ1) is 16.0. The van der Waals surface area contributed by atoms with E-state index in [0.29, 0.717) is 16.3 Å². The Morgan fingerprint density at radius 2 is 2.16 bits per heavy atom. The van der Waals surface area contributed by atoms with Crippen molar-refractivity contribution in [1.82, 2.24) is 0 Å². The van der Waals surface area contributed by atoms with E-state index in [-0.39, 0.29) is 28.5 Å². The molecule has 0 bridgehead atoms. The Morgan fingerprint density at radius 3 is 2.92 bits per heavy atom. The van der Waals surface area contributed by atoms with Gasteiger partial charge in [0.15, 0.2) is 0 Å². The average molecular weight is 357 g/mol. The van der Waals surface area contributed by atoms with Crippen LogP contribution < -0.4 is 10.1 Å². The molecule has 2 aromatic rings. The molecule has 1 aliphatic heterocycles. The summed E-state index contributed by atoms with van der Waals surface area (Å²) in [5, 5.41) is 15.5. The van der Waals surface area contributed by atoms with Gasteiger partial charge in [0, 0.05) is 12.0 Å². The van der Waals surface area contributed by atoms with Crippen molar-refractivity contribution in [3.63, 3.8) is 0 Å². The number of nitrogens with zero attached hydrogens (tertiary/aromatic N) is 1. The number of nitro benzene ring substituents is 1. The Hall–Kier alpha value is -2.53. The first-order valence-electron chi connectivity index (χ1n) is 8.14. The highest BCUT2D eigenvalue weighted by atomic mass is 35.5. The topological polar surface area (TPSA) is 64.4 Å². The summed E-state index contributed by atoms with van der Waals surface area (Å²) in [6, 6.07) is 11.0. The monoisotopic (exact) mass is 356 g/mol. The molecule has 128 valence electrons. The van der Waals surface area contributed by atoms with Gasteiger partial charge in [-0.3, -0.25) is 10.1 Å². The van der Waals surface area contributed by atoms with Crippen molar-refractivity contribution in [3.8, 4) is 5.75 Å². The molecule has 0 saturated heterocycles. The number of hydrogen-bond acceptors (Lipinski definition) is 4. The van der Waals surface area contributed by atoms with Crippen LogP contribution in [0.3, 0.4) is 0 Å². The normalized spacial score (nSPS) is 23.5. The molecule has 0 spiro atoms. The second kappa shape index (κ2) is 6.08. The Morgan fingerprint density at radius 1 is 1.32 bits per heavy atom. The number of halogens is 1. The smallest absolute Gasteiger partial charge is 0.275 e. The Balaban J connectivity index is 1.85. The van der Waals surface area contributed by atoms with Crippen LogP contribution in [-0.4, -0.2) is 12.0 Å². The van der Waals surface area contributed by atoms with E-state index >= 15 is 0 Å². The Labute approximate surface area is 150 Å². The molecule has 0 saturated carbocycles. The number of fused-ring (bicyclic) bond motifs is 3. The number of allylic oxidation sites excluding steroid dienone is 2. The van der Waals surface area contributed by atoms with Crippen molar-refractivity contribution in [2.75, 3.05) is 12.4 Å². The van der Waals surface area contributed by atoms with Crippen LogP contribution in [0.25, 0.3) is 0 Å². The molecule has 2 aromatic carbocycles. The van der Waals surface area contributed by atoms with Crippen LogP contribution in [0.4, 0.5) is 11.4 Å². The number of rotatable bonds is 3. The number of methoxy groups -OCH3 is 1. The van der Waals surface area contributed by atoms with Gasteiger partial charge in [0.25, 0.3) is 5.69 Å². The SMILES string of the molecule is COc1cccc([C@@H]2Nc3c(Cl)ccc([N+](=O)[O-])c3[C@@H]3C=CC[C@H]32)c1. The molecule has 0 aromatic heterocycles. The minimum absolute atomic E-state index is 0.0158. The van der Waals surface area contributed by atoms with Crippen molar-refractivity contribution in [2.45, 2.75) is 18.4 Å². The zero-order chi connectivity index (χ0) is 17.6. The van der Waals surface area contributed by atoms with Crippen LogP contribution in [0.2, 0.25) is 5.02 Å². The third-order valence-corrected chi connectivity index (χ3v) is 5.41. The van der Waals surface area contributed by atoms with Crippen LogP contribution in [-0.2, 0) is 0 Å². The van der Waals surface area contributed by atoms with Crippen molar-refractivity contribution in [3.05, 3.63) is 74.8 Å². The van der Waals surface area contributed by atoms with E-state index in [1.54, 1.807) is 13.2 Å². The van der Waals surface area contributed by atoms with Gasteiger partial charge in [0.1, 0.15) is 5.75 Å². The molecule has 25 heavy (non-hydrogen) atoms. The largest absolute Gasteiger partial charge is 0.497 e. The standard InChI is InChI=1S/C19H17ClN2O3/c1-25-12-5-2-4-11(10-12)18-14-7-3-6-13(14)17-16(22(23)24)9-8-15(20)19(17)21-18/h2-6,8-10,13-14,18,21H,7H2,1H3/t13-,14-,18+/m1/s1. The van der Waals surface area contributed by atoms with Crippen molar-refractivity contribution in [2.24, 2.45) is 5.92 Å². The second-order valence-corrected chi connectivity index (χ2v) is 6.77. The summed E-state index contributed by atoms with van der Waals surface area (Å²) in [4.78, 5) is 11.2. The lowest BCUT2D eigenvalue weighted by Crippen LogP contribution is -2.29. The molecule has 0 amide bonds. The first-order chi connectivity index (χ1) is 12.1. The summed E-state index contributed by atoms with van der Waals surface area (Å²) in [6.45, 7) is 0. The fourth-order valence-electron chi connectivity index (χ4n) is 3.98. The quantitative estimate of drug-likeness (QED) is 0.473. The summed E-state index contributed by atoms with van der Waals surface area (Å²) in [5.74, 6) is 0.973. The van der Waals surface area contributed by atoms with Crippen LogP contribution in [0.5, 0.6) is 5.75 Å². The molecule has 0 fully saturated rings. The third kappa shape index (κ3) is 2.55. The van der Waals surface area contributed by atoms with Gasteiger partial charge in [-0.2, -0.15) is 0 Å². The van der Waals surface area contributed by atoms with Crippen molar-refractivity contribution < 1.29 is 9.66 Å². The summed E-state index contributed by atoms with van der Waals surface area (Å²) in [5.41, 5.74) is 2.57. The molecule has 1 heterocycles. The number of nitro groups is 1. The molecular weight excluding hydrogens is 340 g/mol. The maximum atomic E-state index is 11.5. The zero-order valence-corrected chi connectivity index (χ0v) is 14.4. The molecule has 4 rings (SSSR count). The minimum Gasteiger partial charge on any atom is -0.497 e. The van der Waals surface area contributed by atoms with E-state index in [0.717, 1.165) is 17.7 Å². The lowest BCUT2D eigenvalue weighted by molar-refractivity contribution is -0.385. The van der Waals surface area contributed by atoms with Crippen LogP contribution >= 0.6 is 11.6 Å². The molecule has 2 aliphatic rings. The minimum atomic E-state index is -0.327.